The number of benzene rings is 2. The Bertz CT molecular complexity index is 2100. The molecular weight excluding hydrogens is 1000 g/mol. The fraction of sp³-hybridized carbons (Fsp3) is 0.375. The number of carbonyl (C=O) groups excluding carboxylic acids is 2. The zero-order chi connectivity index (χ0) is 46.2. The number of hydrogen-bond donors (Lipinski definition) is 7. The van der Waals surface area contributed by atoms with Crippen molar-refractivity contribution in [2.45, 2.75) is 95.7 Å². The highest BCUT2D eigenvalue weighted by Crippen LogP contribution is 2.35. The van der Waals surface area contributed by atoms with E-state index < -0.39 is 53.9 Å². The van der Waals surface area contributed by atoms with E-state index in [2.05, 4.69) is 57.9 Å². The average molecular weight is 1060 g/mol. The van der Waals surface area contributed by atoms with Crippen LogP contribution in [0.15, 0.2) is 92.7 Å². The zero-order valence-corrected chi connectivity index (χ0v) is 42.1. The molecule has 0 aliphatic heterocycles. The van der Waals surface area contributed by atoms with Crippen LogP contribution < -0.4 is 32.0 Å². The number of nitrogens with two attached hydrogens (primary N) is 3. The molecule has 0 fully saturated rings. The van der Waals surface area contributed by atoms with E-state index in [0.29, 0.717) is 28.5 Å². The van der Waals surface area contributed by atoms with Crippen molar-refractivity contribution in [1.82, 2.24) is 9.44 Å². The normalized spacial score (nSPS) is 14.1. The highest BCUT2D eigenvalue weighted by Gasteiger charge is 2.37. The number of carboxylic acids is 1. The van der Waals surface area contributed by atoms with Gasteiger partial charge in [0.1, 0.15) is 0 Å². The zero-order valence-electron chi connectivity index (χ0n) is 34.9. The van der Waals surface area contributed by atoms with Gasteiger partial charge in [-0.05, 0) is 131 Å². The smallest absolute Gasteiger partial charge is 0.408 e. The molecule has 4 atom stereocenters. The molecule has 2 aromatic heterocycles. The minimum absolute atomic E-state index is 0. The standard InChI is InChI=1S/C18H24BrN3O2S2.C12H18BrNO3S2.C6H8N2.C4H5ClO2.2H2/c1-17(2,3)26(24)22-18(4,15-9-12(19)11-25-15)10-16(23)21-14-8-6-5-7-13(14)20;1-11(2,3)19(17)14-12(4,6-10(15)16)9-5-8(13)7-18-9;7-5-3-1-2-4-6(5)8;1-3(2)7-4(5)6;;/h5-9,11,22H,10,20H2,1-4H3,(H,21,23);5,7,14H,6H2,1-4H3,(H,15,16);1-4H,7-8H2;1H2,2H3;2*1H/t18-,26?;12-,19?;;;;/m00..../s1. The Kier molecular flexibility index (Phi) is 22.4. The van der Waals surface area contributed by atoms with E-state index in [1.165, 1.54) is 22.7 Å². The predicted octanol–water partition coefficient (Wildman–Crippen LogP) is 10.9. The van der Waals surface area contributed by atoms with E-state index in [1.807, 2.05) is 95.6 Å². The summed E-state index contributed by atoms with van der Waals surface area (Å²) in [6.45, 7) is 19.7. The summed E-state index contributed by atoms with van der Waals surface area (Å²) < 4.78 is 36.2. The van der Waals surface area contributed by atoms with Crippen molar-refractivity contribution in [2.24, 2.45) is 0 Å². The number of nitrogen functional groups attached to an aromatic ring is 3. The van der Waals surface area contributed by atoms with E-state index in [9.17, 15) is 22.8 Å². The first-order valence-electron chi connectivity index (χ1n) is 17.9. The van der Waals surface area contributed by atoms with Crippen LogP contribution in [-0.2, 0) is 47.4 Å². The molecule has 0 aliphatic carbocycles. The maximum Gasteiger partial charge on any atom is 0.408 e. The number of hydrogen-bond acceptors (Lipinski definition) is 11. The molecule has 336 valence electrons. The fourth-order valence-electron chi connectivity index (χ4n) is 4.34. The lowest BCUT2D eigenvalue weighted by Gasteiger charge is -2.32. The molecule has 0 spiro atoms. The number of para-hydroxylation sites is 4. The average Bonchev–Trinajstić information content (AvgIpc) is 3.75. The van der Waals surface area contributed by atoms with Gasteiger partial charge in [-0.3, -0.25) is 9.59 Å². The number of carbonyl (C=O) groups is 3. The van der Waals surface area contributed by atoms with Crippen molar-refractivity contribution in [2.75, 3.05) is 22.5 Å². The predicted molar refractivity (Wildman–Crippen MR) is 264 cm³/mol. The summed E-state index contributed by atoms with van der Waals surface area (Å²) in [4.78, 5) is 35.3. The van der Waals surface area contributed by atoms with Crippen LogP contribution in [0.5, 0.6) is 0 Å². The van der Waals surface area contributed by atoms with Gasteiger partial charge in [-0.2, -0.15) is 0 Å². The Morgan fingerprint density at radius 3 is 1.43 bits per heavy atom. The van der Waals surface area contributed by atoms with Crippen molar-refractivity contribution in [1.29, 1.82) is 0 Å². The summed E-state index contributed by atoms with van der Waals surface area (Å²) in [5, 5.41) is 15.8. The van der Waals surface area contributed by atoms with Gasteiger partial charge in [0.2, 0.25) is 5.91 Å². The van der Waals surface area contributed by atoms with Crippen molar-refractivity contribution >= 4 is 128 Å². The van der Waals surface area contributed by atoms with Gasteiger partial charge in [0, 0.05) is 43.9 Å². The first-order chi connectivity index (χ1) is 27.5. The van der Waals surface area contributed by atoms with Gasteiger partial charge >= 0.3 is 11.4 Å². The number of ether oxygens (including phenoxy) is 1. The topological polar surface area (TPSA) is 229 Å². The summed E-state index contributed by atoms with van der Waals surface area (Å²) in [6, 6.07) is 18.2. The van der Waals surface area contributed by atoms with E-state index in [4.69, 9.17) is 33.9 Å². The molecule has 2 unspecified atom stereocenters. The largest absolute Gasteiger partial charge is 0.481 e. The monoisotopic (exact) mass is 1060 g/mol. The molecule has 4 aromatic rings. The number of amides is 1. The molecule has 0 bridgehead atoms. The van der Waals surface area contributed by atoms with Crippen LogP contribution in [0.3, 0.4) is 0 Å². The Balaban J connectivity index is 0. The van der Waals surface area contributed by atoms with E-state index in [0.717, 1.165) is 18.7 Å². The van der Waals surface area contributed by atoms with Gasteiger partial charge in [0.15, 0.2) is 0 Å². The van der Waals surface area contributed by atoms with Gasteiger partial charge in [0.25, 0.3) is 0 Å². The third-order valence-electron chi connectivity index (χ3n) is 7.48. The maximum atomic E-state index is 12.7. The Labute approximate surface area is 391 Å². The highest BCUT2D eigenvalue weighted by molar-refractivity contribution is 9.10. The number of carboxylic acid groups (broad SMARTS) is 1. The van der Waals surface area contributed by atoms with Crippen molar-refractivity contribution < 1.29 is 35.5 Å². The van der Waals surface area contributed by atoms with Crippen LogP contribution in [0.1, 0.15) is 87.8 Å². The van der Waals surface area contributed by atoms with Gasteiger partial charge in [-0.1, -0.05) is 30.8 Å². The number of thiophene rings is 2. The highest BCUT2D eigenvalue weighted by atomic mass is 79.9. The number of allylic oxidation sites excluding steroid dienone is 1. The Hall–Kier alpha value is -3.14. The third kappa shape index (κ3) is 20.2. The van der Waals surface area contributed by atoms with Crippen molar-refractivity contribution in [3.63, 3.8) is 0 Å². The summed E-state index contributed by atoms with van der Waals surface area (Å²) in [5.74, 6) is -0.821. The van der Waals surface area contributed by atoms with Gasteiger partial charge in [-0.25, -0.2) is 22.7 Å². The van der Waals surface area contributed by atoms with Gasteiger partial charge < -0.3 is 32.4 Å². The number of anilines is 4. The molecular formula is C40H59Br2ClN6O7S4. The molecule has 13 nitrogen and oxygen atoms in total. The molecule has 2 aromatic carbocycles. The summed E-state index contributed by atoms with van der Waals surface area (Å²) >= 11 is 14.5. The molecule has 60 heavy (non-hydrogen) atoms. The fourth-order valence-corrected chi connectivity index (χ4v) is 9.49. The molecule has 0 radical (unpaired) electrons. The molecule has 10 N–H and O–H groups in total. The second kappa shape index (κ2) is 24.5. The quantitative estimate of drug-likeness (QED) is 0.0403. The Morgan fingerprint density at radius 1 is 0.767 bits per heavy atom. The van der Waals surface area contributed by atoms with Crippen LogP contribution in [0.4, 0.5) is 27.5 Å². The first kappa shape index (κ1) is 54.9. The lowest BCUT2D eigenvalue weighted by Crippen LogP contribution is -2.47. The molecule has 4 rings (SSSR count). The van der Waals surface area contributed by atoms with E-state index in [-0.39, 0.29) is 21.6 Å². The van der Waals surface area contributed by atoms with Crippen molar-refractivity contribution in [3.8, 4) is 0 Å². The summed E-state index contributed by atoms with van der Waals surface area (Å²) in [6.07, 6.45) is -0.00210. The molecule has 20 heteroatoms. The molecule has 0 saturated carbocycles. The van der Waals surface area contributed by atoms with E-state index in [1.54, 1.807) is 38.1 Å². The van der Waals surface area contributed by atoms with Crippen LogP contribution >= 0.6 is 66.1 Å². The van der Waals surface area contributed by atoms with Gasteiger partial charge in [-0.15, -0.1) is 22.7 Å². The lowest BCUT2D eigenvalue weighted by molar-refractivity contribution is -0.138. The second-order valence-corrected chi connectivity index (χ2v) is 23.3. The van der Waals surface area contributed by atoms with E-state index >= 15 is 0 Å². The summed E-state index contributed by atoms with van der Waals surface area (Å²) in [7, 11) is -2.66. The Morgan fingerprint density at radius 2 is 1.15 bits per heavy atom. The minimum atomic E-state index is -1.34. The van der Waals surface area contributed by atoms with Crippen LogP contribution in [0.2, 0.25) is 0 Å². The molecule has 2 heterocycles. The second-order valence-electron chi connectivity index (χ2n) is 15.4. The first-order valence-corrected chi connectivity index (χ1v) is 23.9. The maximum absolute atomic E-state index is 12.7. The van der Waals surface area contributed by atoms with Gasteiger partial charge in [0.05, 0.1) is 83.9 Å². The van der Waals surface area contributed by atoms with Crippen molar-refractivity contribution in [3.05, 3.63) is 102 Å². The number of rotatable bonds is 12. The number of halogens is 3. The van der Waals surface area contributed by atoms with Crippen LogP contribution in [0.25, 0.3) is 0 Å². The minimum Gasteiger partial charge on any atom is -0.481 e. The number of aliphatic carboxylic acids is 1. The molecule has 0 saturated heterocycles. The third-order valence-corrected chi connectivity index (χ3v) is 15.0. The number of nitrogens with one attached hydrogen (secondary N) is 3. The molecule has 1 amide bonds. The lowest BCUT2D eigenvalue weighted by atomic mass is 9.96. The molecule has 0 aliphatic rings. The summed E-state index contributed by atoms with van der Waals surface area (Å²) in [5.41, 5.74) is 16.6. The SMILES string of the molecule is C=C(C)OC(=O)Cl.CC(C)(C)S(=O)N[C@@](C)(CC(=O)Nc1ccccc1N)c1cc(Br)cs1.CC(C)(C)S(=O)N[C@@](C)(CC(=O)O)c1cc(Br)cs1.Nc1ccccc1N.[HH].[HH]. The van der Waals surface area contributed by atoms with Crippen LogP contribution in [-0.4, -0.2) is 40.3 Å². The van der Waals surface area contributed by atoms with Crippen LogP contribution in [0, 0.1) is 0 Å².